The fraction of sp³-hybridized carbons (Fsp3) is 0.933. The molecular formula is C15H28N2O. The minimum atomic E-state index is 0.222. The largest absolute Gasteiger partial charge is 0.342 e. The molecule has 2 aliphatic heterocycles. The number of rotatable bonds is 2. The zero-order valence-corrected chi connectivity index (χ0v) is 12.2. The minimum Gasteiger partial charge on any atom is -0.342 e. The molecule has 0 radical (unpaired) electrons. The second-order valence-corrected chi connectivity index (χ2v) is 6.69. The molecule has 0 spiro atoms. The number of nitrogens with zero attached hydrogens (tertiary/aromatic N) is 1. The summed E-state index contributed by atoms with van der Waals surface area (Å²) in [7, 11) is 0. The Morgan fingerprint density at radius 2 is 2.00 bits per heavy atom. The van der Waals surface area contributed by atoms with Crippen molar-refractivity contribution in [3.8, 4) is 0 Å². The maximum Gasteiger partial charge on any atom is 0.226 e. The van der Waals surface area contributed by atoms with Gasteiger partial charge in [-0.1, -0.05) is 27.2 Å². The first-order valence-electron chi connectivity index (χ1n) is 7.53. The van der Waals surface area contributed by atoms with E-state index in [1.807, 2.05) is 0 Å². The van der Waals surface area contributed by atoms with Gasteiger partial charge in [-0.25, -0.2) is 0 Å². The highest BCUT2D eigenvalue weighted by Gasteiger charge is 2.34. The normalized spacial score (nSPS) is 32.3. The van der Waals surface area contributed by atoms with E-state index in [1.165, 1.54) is 19.3 Å². The van der Waals surface area contributed by atoms with Crippen molar-refractivity contribution in [2.45, 2.75) is 46.5 Å². The summed E-state index contributed by atoms with van der Waals surface area (Å²) in [6.45, 7) is 10.7. The van der Waals surface area contributed by atoms with Gasteiger partial charge in [0, 0.05) is 19.6 Å². The van der Waals surface area contributed by atoms with Crippen LogP contribution in [0.2, 0.25) is 0 Å². The Hall–Kier alpha value is -0.570. The fourth-order valence-corrected chi connectivity index (χ4v) is 3.22. The Morgan fingerprint density at radius 3 is 2.56 bits per heavy atom. The monoisotopic (exact) mass is 252 g/mol. The molecule has 2 fully saturated rings. The number of carbonyl (C=O) groups excluding carboxylic acids is 1. The molecule has 2 rings (SSSR count). The van der Waals surface area contributed by atoms with E-state index in [4.69, 9.17) is 0 Å². The van der Waals surface area contributed by atoms with Crippen LogP contribution in [0, 0.1) is 17.3 Å². The molecule has 0 aliphatic carbocycles. The molecule has 0 bridgehead atoms. The average Bonchev–Trinajstić information content (AvgIpc) is 2.39. The van der Waals surface area contributed by atoms with E-state index >= 15 is 0 Å². The summed E-state index contributed by atoms with van der Waals surface area (Å²) >= 11 is 0. The van der Waals surface area contributed by atoms with Gasteiger partial charge in [-0.05, 0) is 37.1 Å². The summed E-state index contributed by atoms with van der Waals surface area (Å²) in [5.74, 6) is 1.25. The van der Waals surface area contributed by atoms with Gasteiger partial charge < -0.3 is 10.2 Å². The maximum atomic E-state index is 12.5. The van der Waals surface area contributed by atoms with E-state index in [0.29, 0.717) is 17.2 Å². The molecule has 2 atom stereocenters. The third-order valence-electron chi connectivity index (χ3n) is 5.06. The molecule has 0 aromatic rings. The van der Waals surface area contributed by atoms with Crippen LogP contribution >= 0.6 is 0 Å². The van der Waals surface area contributed by atoms with Crippen molar-refractivity contribution >= 4 is 5.91 Å². The van der Waals surface area contributed by atoms with Crippen LogP contribution in [-0.4, -0.2) is 37.0 Å². The van der Waals surface area contributed by atoms with Crippen LogP contribution in [0.5, 0.6) is 0 Å². The number of likely N-dealkylation sites (tertiary alicyclic amines) is 1. The maximum absolute atomic E-state index is 12.5. The van der Waals surface area contributed by atoms with Gasteiger partial charge in [0.15, 0.2) is 0 Å². The molecular weight excluding hydrogens is 224 g/mol. The molecule has 3 nitrogen and oxygen atoms in total. The molecule has 2 saturated heterocycles. The van der Waals surface area contributed by atoms with Crippen LogP contribution in [0.4, 0.5) is 0 Å². The van der Waals surface area contributed by atoms with Crippen LogP contribution in [0.3, 0.4) is 0 Å². The second kappa shape index (κ2) is 5.60. The van der Waals surface area contributed by atoms with E-state index in [2.05, 4.69) is 31.0 Å². The number of carbonyl (C=O) groups is 1. The van der Waals surface area contributed by atoms with Crippen molar-refractivity contribution in [3.63, 3.8) is 0 Å². The molecule has 1 N–H and O–H groups in total. The number of piperidine rings is 2. The van der Waals surface area contributed by atoms with Gasteiger partial charge in [0.25, 0.3) is 0 Å². The zero-order valence-electron chi connectivity index (χ0n) is 12.2. The average molecular weight is 252 g/mol. The van der Waals surface area contributed by atoms with E-state index in [-0.39, 0.29) is 5.92 Å². The summed E-state index contributed by atoms with van der Waals surface area (Å²) in [5.41, 5.74) is 0.467. The van der Waals surface area contributed by atoms with Crippen molar-refractivity contribution < 1.29 is 4.79 Å². The molecule has 18 heavy (non-hydrogen) atoms. The second-order valence-electron chi connectivity index (χ2n) is 6.69. The van der Waals surface area contributed by atoms with Crippen LogP contribution < -0.4 is 5.32 Å². The Balaban J connectivity index is 1.87. The highest BCUT2D eigenvalue weighted by Crippen LogP contribution is 2.34. The van der Waals surface area contributed by atoms with Crippen LogP contribution in [0.15, 0.2) is 0 Å². The number of nitrogens with one attached hydrogen (secondary N) is 1. The summed E-state index contributed by atoms with van der Waals surface area (Å²) in [6, 6.07) is 0. The van der Waals surface area contributed by atoms with Gasteiger partial charge in [0.2, 0.25) is 5.91 Å². The highest BCUT2D eigenvalue weighted by molar-refractivity contribution is 5.79. The lowest BCUT2D eigenvalue weighted by molar-refractivity contribution is -0.138. The topological polar surface area (TPSA) is 32.3 Å². The standard InChI is InChI=1S/C15H28N2O/c1-4-15(3)5-7-17(8-6-15)14(18)13-9-12(2)10-16-11-13/h12-13,16H,4-11H2,1-3H3. The Labute approximate surface area is 111 Å². The summed E-state index contributed by atoms with van der Waals surface area (Å²) in [5, 5.41) is 3.38. The van der Waals surface area contributed by atoms with Gasteiger partial charge in [0.05, 0.1) is 5.92 Å². The first-order valence-corrected chi connectivity index (χ1v) is 7.53. The van der Waals surface area contributed by atoms with Crippen LogP contribution in [-0.2, 0) is 4.79 Å². The molecule has 0 saturated carbocycles. The van der Waals surface area contributed by atoms with Crippen molar-refractivity contribution in [1.82, 2.24) is 10.2 Å². The lowest BCUT2D eigenvalue weighted by Crippen LogP contribution is -2.48. The van der Waals surface area contributed by atoms with Crippen LogP contribution in [0.25, 0.3) is 0 Å². The molecule has 3 heteroatoms. The number of hydrogen-bond donors (Lipinski definition) is 1. The quantitative estimate of drug-likeness (QED) is 0.817. The molecule has 1 amide bonds. The van der Waals surface area contributed by atoms with Gasteiger partial charge in [-0.3, -0.25) is 4.79 Å². The summed E-state index contributed by atoms with van der Waals surface area (Å²) in [4.78, 5) is 14.6. The Morgan fingerprint density at radius 1 is 1.33 bits per heavy atom. The first-order chi connectivity index (χ1) is 8.54. The van der Waals surface area contributed by atoms with Crippen LogP contribution in [0.1, 0.15) is 46.5 Å². The molecule has 2 unspecified atom stereocenters. The molecule has 2 aliphatic rings. The molecule has 2 heterocycles. The third kappa shape index (κ3) is 3.05. The minimum absolute atomic E-state index is 0.222. The molecule has 0 aromatic heterocycles. The number of amides is 1. The Kier molecular flexibility index (Phi) is 4.31. The highest BCUT2D eigenvalue weighted by atomic mass is 16.2. The molecule has 0 aromatic carbocycles. The van der Waals surface area contributed by atoms with E-state index in [9.17, 15) is 4.79 Å². The fourth-order valence-electron chi connectivity index (χ4n) is 3.22. The zero-order chi connectivity index (χ0) is 13.2. The SMILES string of the molecule is CCC1(C)CCN(C(=O)C2CNCC(C)C2)CC1. The summed E-state index contributed by atoms with van der Waals surface area (Å²) < 4.78 is 0. The number of hydrogen-bond acceptors (Lipinski definition) is 2. The van der Waals surface area contributed by atoms with E-state index in [0.717, 1.165) is 32.6 Å². The smallest absolute Gasteiger partial charge is 0.226 e. The Bertz CT molecular complexity index is 295. The summed E-state index contributed by atoms with van der Waals surface area (Å²) in [6.07, 6.45) is 4.64. The van der Waals surface area contributed by atoms with Gasteiger partial charge in [-0.15, -0.1) is 0 Å². The van der Waals surface area contributed by atoms with Crippen molar-refractivity contribution in [2.24, 2.45) is 17.3 Å². The molecule has 104 valence electrons. The first kappa shape index (κ1) is 13.9. The third-order valence-corrected chi connectivity index (χ3v) is 5.06. The predicted molar refractivity (Wildman–Crippen MR) is 74.4 cm³/mol. The van der Waals surface area contributed by atoms with Crippen molar-refractivity contribution in [2.75, 3.05) is 26.2 Å². The van der Waals surface area contributed by atoms with Crippen molar-refractivity contribution in [3.05, 3.63) is 0 Å². The van der Waals surface area contributed by atoms with Crippen molar-refractivity contribution in [1.29, 1.82) is 0 Å². The lowest BCUT2D eigenvalue weighted by atomic mass is 9.78. The van der Waals surface area contributed by atoms with Gasteiger partial charge >= 0.3 is 0 Å². The lowest BCUT2D eigenvalue weighted by Gasteiger charge is -2.41. The van der Waals surface area contributed by atoms with Gasteiger partial charge in [-0.2, -0.15) is 0 Å². The van der Waals surface area contributed by atoms with E-state index in [1.54, 1.807) is 0 Å². The van der Waals surface area contributed by atoms with Gasteiger partial charge in [0.1, 0.15) is 0 Å². The predicted octanol–water partition coefficient (Wildman–Crippen LogP) is 2.27. The van der Waals surface area contributed by atoms with E-state index < -0.39 is 0 Å².